The Labute approximate surface area is 146 Å². The van der Waals surface area contributed by atoms with Crippen LogP contribution in [0, 0.1) is 5.92 Å². The first kappa shape index (κ1) is 21.5. The van der Waals surface area contributed by atoms with Crippen LogP contribution >= 0.6 is 12.2 Å². The molecule has 0 saturated heterocycles. The Balaban J connectivity index is 3.06. The molecule has 0 bridgehead atoms. The van der Waals surface area contributed by atoms with Crippen LogP contribution in [0.5, 0.6) is 0 Å². The van der Waals surface area contributed by atoms with E-state index in [0.29, 0.717) is 18.6 Å². The second-order valence-corrected chi connectivity index (χ2v) is 5.98. The molecule has 0 fully saturated rings. The lowest BCUT2D eigenvalue weighted by Crippen LogP contribution is -2.43. The van der Waals surface area contributed by atoms with E-state index < -0.39 is 35.2 Å². The van der Waals surface area contributed by atoms with Crippen LogP contribution in [0.3, 0.4) is 0 Å². The van der Waals surface area contributed by atoms with Crippen LogP contribution in [-0.4, -0.2) is 22.9 Å². The zero-order valence-electron chi connectivity index (χ0n) is 13.4. The van der Waals surface area contributed by atoms with Crippen molar-refractivity contribution in [2.45, 2.75) is 38.7 Å². The van der Waals surface area contributed by atoms with E-state index in [1.54, 1.807) is 0 Å². The molecule has 0 radical (unpaired) electrons. The topological polar surface area (TPSA) is 44.3 Å². The van der Waals surface area contributed by atoms with Gasteiger partial charge in [0.2, 0.25) is 0 Å². The van der Waals surface area contributed by atoms with Crippen molar-refractivity contribution in [1.82, 2.24) is 5.32 Å². The smallest absolute Gasteiger partial charge is 0.394 e. The van der Waals surface area contributed by atoms with Gasteiger partial charge in [-0.25, -0.2) is 0 Å². The highest BCUT2D eigenvalue weighted by atomic mass is 32.1. The first-order valence-corrected chi connectivity index (χ1v) is 7.77. The number of benzene rings is 1. The maximum Gasteiger partial charge on any atom is 0.416 e. The molecule has 0 heterocycles. The predicted molar refractivity (Wildman–Crippen MR) is 86.1 cm³/mol. The van der Waals surface area contributed by atoms with Crippen LogP contribution in [0.1, 0.15) is 31.4 Å². The lowest BCUT2D eigenvalue weighted by atomic mass is 10.0. The van der Waals surface area contributed by atoms with Crippen molar-refractivity contribution in [3.05, 3.63) is 29.3 Å². The molecule has 3 nitrogen and oxygen atoms in total. The molecule has 0 aliphatic heterocycles. The van der Waals surface area contributed by atoms with Gasteiger partial charge in [-0.2, -0.15) is 26.3 Å². The first-order valence-electron chi connectivity index (χ1n) is 7.36. The summed E-state index contributed by atoms with van der Waals surface area (Å²) in [5, 5.41) is 14.1. The summed E-state index contributed by atoms with van der Waals surface area (Å²) in [7, 11) is 0. The molecule has 142 valence electrons. The van der Waals surface area contributed by atoms with Gasteiger partial charge in [-0.15, -0.1) is 0 Å². The Kier molecular flexibility index (Phi) is 7.07. The number of halogens is 6. The average Bonchev–Trinajstić information content (AvgIpc) is 2.49. The van der Waals surface area contributed by atoms with E-state index in [-0.39, 0.29) is 23.7 Å². The second-order valence-electron chi connectivity index (χ2n) is 5.57. The third-order valence-corrected chi connectivity index (χ3v) is 3.91. The summed E-state index contributed by atoms with van der Waals surface area (Å²) in [6.07, 6.45) is -9.17. The fraction of sp³-hybridized carbons (Fsp3) is 0.533. The highest BCUT2D eigenvalue weighted by molar-refractivity contribution is 7.80. The second kappa shape index (κ2) is 8.22. The molecule has 1 aromatic carbocycles. The molecule has 1 rings (SSSR count). The van der Waals surface area contributed by atoms with E-state index >= 15 is 0 Å². The number of aliphatic hydroxyl groups is 1. The third kappa shape index (κ3) is 6.35. The van der Waals surface area contributed by atoms with E-state index in [9.17, 15) is 31.4 Å². The summed E-state index contributed by atoms with van der Waals surface area (Å²) >= 11 is 4.92. The molecule has 0 aromatic heterocycles. The fourth-order valence-electron chi connectivity index (χ4n) is 2.02. The summed E-state index contributed by atoms with van der Waals surface area (Å²) in [6.45, 7) is 3.41. The van der Waals surface area contributed by atoms with Crippen LogP contribution < -0.4 is 10.6 Å². The molecule has 0 spiro atoms. The van der Waals surface area contributed by atoms with Gasteiger partial charge in [-0.05, 0) is 36.3 Å². The van der Waals surface area contributed by atoms with Gasteiger partial charge in [0.1, 0.15) is 0 Å². The van der Waals surface area contributed by atoms with Crippen molar-refractivity contribution in [2.24, 2.45) is 5.92 Å². The van der Waals surface area contributed by atoms with Gasteiger partial charge < -0.3 is 15.7 Å². The van der Waals surface area contributed by atoms with Crippen LogP contribution in [-0.2, 0) is 12.4 Å². The molecule has 25 heavy (non-hydrogen) atoms. The predicted octanol–water partition coefficient (Wildman–Crippen LogP) is 4.42. The third-order valence-electron chi connectivity index (χ3n) is 3.69. The molecule has 1 aromatic rings. The standard InChI is InChI=1S/C15H18F6N2OS/c1-3-8(2)12(7-24)23-13(25)22-11-5-9(14(16,17)18)4-10(6-11)15(19,20)21/h4-6,8,12,24H,3,7H2,1-2H3,(H2,22,23,25)/t8-,12+/m0/s1. The van der Waals surface area contributed by atoms with Gasteiger partial charge in [-0.1, -0.05) is 20.3 Å². The number of hydrogen-bond acceptors (Lipinski definition) is 2. The summed E-state index contributed by atoms with van der Waals surface area (Å²) in [5.41, 5.74) is -3.32. The highest BCUT2D eigenvalue weighted by Crippen LogP contribution is 2.37. The average molecular weight is 388 g/mol. The molecule has 0 aliphatic rings. The van der Waals surface area contributed by atoms with Crippen LogP contribution in [0.25, 0.3) is 0 Å². The van der Waals surface area contributed by atoms with Crippen molar-refractivity contribution in [1.29, 1.82) is 0 Å². The van der Waals surface area contributed by atoms with Gasteiger partial charge in [0, 0.05) is 5.69 Å². The number of thiocarbonyl (C=S) groups is 1. The number of alkyl halides is 6. The zero-order chi connectivity index (χ0) is 19.4. The normalized spacial score (nSPS) is 14.8. The quantitative estimate of drug-likeness (QED) is 0.516. The van der Waals surface area contributed by atoms with Crippen molar-refractivity contribution < 1.29 is 31.4 Å². The molecule has 0 aliphatic carbocycles. The minimum absolute atomic E-state index is 0.00278. The Morgan fingerprint density at radius 3 is 1.92 bits per heavy atom. The number of nitrogens with one attached hydrogen (secondary N) is 2. The Morgan fingerprint density at radius 1 is 1.08 bits per heavy atom. The Hall–Kier alpha value is -1.55. The Bertz CT molecular complexity index is 570. The minimum atomic E-state index is -4.93. The van der Waals surface area contributed by atoms with Crippen LogP contribution in [0.15, 0.2) is 18.2 Å². The maximum absolute atomic E-state index is 12.8. The molecule has 3 N–H and O–H groups in total. The summed E-state index contributed by atoms with van der Waals surface area (Å²) < 4.78 is 76.9. The Morgan fingerprint density at radius 2 is 1.56 bits per heavy atom. The van der Waals surface area contributed by atoms with Crippen molar-refractivity contribution in [2.75, 3.05) is 11.9 Å². The number of aliphatic hydroxyl groups excluding tert-OH is 1. The van der Waals surface area contributed by atoms with Gasteiger partial charge >= 0.3 is 12.4 Å². The van der Waals surface area contributed by atoms with E-state index in [1.807, 2.05) is 13.8 Å². The molecular formula is C15H18F6N2OS. The van der Waals surface area contributed by atoms with Gasteiger partial charge in [0.15, 0.2) is 5.11 Å². The largest absolute Gasteiger partial charge is 0.416 e. The maximum atomic E-state index is 12.8. The van der Waals surface area contributed by atoms with E-state index in [0.717, 1.165) is 0 Å². The van der Waals surface area contributed by atoms with Crippen LogP contribution in [0.2, 0.25) is 0 Å². The van der Waals surface area contributed by atoms with Gasteiger partial charge in [0.25, 0.3) is 0 Å². The van der Waals surface area contributed by atoms with Crippen molar-refractivity contribution in [3.63, 3.8) is 0 Å². The molecule has 0 amide bonds. The highest BCUT2D eigenvalue weighted by Gasteiger charge is 2.37. The van der Waals surface area contributed by atoms with E-state index in [4.69, 9.17) is 12.2 Å². The minimum Gasteiger partial charge on any atom is -0.394 e. The van der Waals surface area contributed by atoms with E-state index in [1.165, 1.54) is 0 Å². The molecule has 2 atom stereocenters. The van der Waals surface area contributed by atoms with Gasteiger partial charge in [-0.3, -0.25) is 0 Å². The summed E-state index contributed by atoms with van der Waals surface area (Å²) in [6, 6.07) is 0.649. The molecule has 0 saturated carbocycles. The fourth-order valence-corrected chi connectivity index (χ4v) is 2.28. The van der Waals surface area contributed by atoms with E-state index in [2.05, 4.69) is 10.6 Å². The first-order chi connectivity index (χ1) is 11.4. The number of hydrogen-bond donors (Lipinski definition) is 3. The number of anilines is 1. The summed E-state index contributed by atoms with van der Waals surface area (Å²) in [5.74, 6) is -0.00278. The molecule has 10 heteroatoms. The number of rotatable bonds is 5. The summed E-state index contributed by atoms with van der Waals surface area (Å²) in [4.78, 5) is 0. The zero-order valence-corrected chi connectivity index (χ0v) is 14.2. The lowest BCUT2D eigenvalue weighted by molar-refractivity contribution is -0.143. The van der Waals surface area contributed by atoms with Gasteiger partial charge in [0.05, 0.1) is 23.8 Å². The lowest BCUT2D eigenvalue weighted by Gasteiger charge is -2.24. The van der Waals surface area contributed by atoms with Crippen molar-refractivity contribution in [3.8, 4) is 0 Å². The molecular weight excluding hydrogens is 370 g/mol. The molecule has 0 unspecified atom stereocenters. The van der Waals surface area contributed by atoms with Crippen molar-refractivity contribution >= 4 is 23.0 Å². The monoisotopic (exact) mass is 388 g/mol. The van der Waals surface area contributed by atoms with Crippen LogP contribution in [0.4, 0.5) is 32.0 Å². The SMILES string of the molecule is CC[C@H](C)[C@@H](CO)NC(=S)Nc1cc(C(F)(F)F)cc(C(F)(F)F)c1.